The number of amides is 1. The predicted molar refractivity (Wildman–Crippen MR) is 115 cm³/mol. The minimum Gasteiger partial charge on any atom is -0.365 e. The Morgan fingerprint density at radius 3 is 2.79 bits per heavy atom. The Morgan fingerprint density at radius 1 is 1.18 bits per heavy atom. The number of halogens is 3. The van der Waals surface area contributed by atoms with Crippen molar-refractivity contribution in [3.05, 3.63) is 47.8 Å². The zero-order valence-corrected chi connectivity index (χ0v) is 18.0. The van der Waals surface area contributed by atoms with Crippen molar-refractivity contribution in [2.45, 2.75) is 37.8 Å². The van der Waals surface area contributed by atoms with Gasteiger partial charge in [0.25, 0.3) is 5.91 Å². The third kappa shape index (κ3) is 4.16. The Kier molecular flexibility index (Phi) is 5.59. The van der Waals surface area contributed by atoms with Gasteiger partial charge in [-0.15, -0.1) is 5.10 Å². The van der Waals surface area contributed by atoms with E-state index in [2.05, 4.69) is 41.1 Å². The molecule has 0 bridgehead atoms. The number of nitrogens with zero attached hydrogens (tertiary/aromatic N) is 6. The lowest BCUT2D eigenvalue weighted by Crippen LogP contribution is -2.42. The molecule has 10 nitrogen and oxygen atoms in total. The van der Waals surface area contributed by atoms with E-state index in [-0.39, 0.29) is 46.4 Å². The van der Waals surface area contributed by atoms with Gasteiger partial charge in [0.2, 0.25) is 5.82 Å². The van der Waals surface area contributed by atoms with Crippen molar-refractivity contribution in [2.24, 2.45) is 7.05 Å². The molecule has 0 saturated heterocycles. The second-order valence-electron chi connectivity index (χ2n) is 8.21. The zero-order chi connectivity index (χ0) is 23.8. The van der Waals surface area contributed by atoms with Crippen LogP contribution in [0.2, 0.25) is 0 Å². The molecule has 1 aromatic carbocycles. The second kappa shape index (κ2) is 8.72. The van der Waals surface area contributed by atoms with E-state index in [1.807, 2.05) is 0 Å². The number of tetrazole rings is 1. The maximum absolute atomic E-state index is 14.5. The summed E-state index contributed by atoms with van der Waals surface area (Å²) >= 11 is 0. The maximum atomic E-state index is 14.5. The lowest BCUT2D eigenvalue weighted by atomic mass is 9.91. The number of H-pyrrole nitrogens is 1. The fraction of sp³-hybridized carbons (Fsp3) is 0.333. The third-order valence-corrected chi connectivity index (χ3v) is 5.86. The van der Waals surface area contributed by atoms with Gasteiger partial charge in [-0.05, 0) is 42.2 Å². The van der Waals surface area contributed by atoms with Crippen molar-refractivity contribution in [3.8, 4) is 11.4 Å². The first-order chi connectivity index (χ1) is 16.4. The number of aryl methyl sites for hydroxylation is 1. The molecule has 3 heterocycles. The van der Waals surface area contributed by atoms with Crippen molar-refractivity contribution < 1.29 is 18.0 Å². The van der Waals surface area contributed by atoms with Gasteiger partial charge in [0.05, 0.1) is 11.7 Å². The summed E-state index contributed by atoms with van der Waals surface area (Å²) in [6.45, 7) is 0. The first kappa shape index (κ1) is 21.8. The summed E-state index contributed by atoms with van der Waals surface area (Å²) in [5, 5.41) is 17.1. The van der Waals surface area contributed by atoms with Crippen LogP contribution in [0.5, 0.6) is 0 Å². The van der Waals surface area contributed by atoms with Crippen molar-refractivity contribution in [1.82, 2.24) is 40.5 Å². The highest BCUT2D eigenvalue weighted by Gasteiger charge is 2.26. The van der Waals surface area contributed by atoms with Crippen LogP contribution in [0.4, 0.5) is 19.0 Å². The van der Waals surface area contributed by atoms with Crippen molar-refractivity contribution in [3.63, 3.8) is 0 Å². The van der Waals surface area contributed by atoms with Gasteiger partial charge >= 0.3 is 0 Å². The van der Waals surface area contributed by atoms with Crippen LogP contribution in [0.15, 0.2) is 24.5 Å². The average molecular weight is 471 g/mol. The number of carbonyl (C=O) groups is 1. The number of hydrogen-bond acceptors (Lipinski definition) is 7. The van der Waals surface area contributed by atoms with Gasteiger partial charge in [-0.1, -0.05) is 0 Å². The molecule has 0 aliphatic heterocycles. The minimum absolute atomic E-state index is 0.0225. The van der Waals surface area contributed by atoms with Crippen LogP contribution in [-0.4, -0.2) is 53.2 Å². The lowest BCUT2D eigenvalue weighted by Gasteiger charge is -2.30. The second-order valence-corrected chi connectivity index (χ2v) is 8.21. The molecule has 1 aliphatic carbocycles. The van der Waals surface area contributed by atoms with Crippen LogP contribution in [-0.2, 0) is 7.05 Å². The summed E-state index contributed by atoms with van der Waals surface area (Å²) in [4.78, 5) is 23.4. The third-order valence-electron chi connectivity index (χ3n) is 5.86. The van der Waals surface area contributed by atoms with E-state index in [4.69, 9.17) is 0 Å². The van der Waals surface area contributed by atoms with Crippen LogP contribution in [0.3, 0.4) is 0 Å². The molecule has 5 rings (SSSR count). The molecule has 0 spiro atoms. The number of anilines is 1. The topological polar surface area (TPSA) is 126 Å². The first-order valence-corrected chi connectivity index (χ1v) is 10.7. The summed E-state index contributed by atoms with van der Waals surface area (Å²) in [6, 6.07) is 1.64. The fourth-order valence-corrected chi connectivity index (χ4v) is 4.26. The smallest absolute Gasteiger partial charge is 0.290 e. The molecular formula is C21H20F3N9O. The number of hydrogen-bond donors (Lipinski definition) is 3. The standard InChI is InChI=1S/C21H20F3N9O/c1-33-20(30-31-32-33)21(34)28-12-4-2-3-11(7-12)27-19-16(24)9-26-18(29-19)14-8-25-17-13(14)5-10(22)6-15(17)23/h5-6,8-9,11-12,25H,2-4,7H2,1H3,(H,28,34)(H,26,27,29)/t11-,12+/m0/s1. The molecule has 176 valence electrons. The summed E-state index contributed by atoms with van der Waals surface area (Å²) in [6.07, 6.45) is 5.33. The van der Waals surface area contributed by atoms with Gasteiger partial charge < -0.3 is 15.6 Å². The lowest BCUT2D eigenvalue weighted by molar-refractivity contribution is 0.0911. The number of benzene rings is 1. The Balaban J connectivity index is 1.33. The molecule has 1 amide bonds. The maximum Gasteiger partial charge on any atom is 0.290 e. The Bertz CT molecular complexity index is 1370. The number of nitrogens with one attached hydrogen (secondary N) is 3. The van der Waals surface area contributed by atoms with Gasteiger partial charge in [0, 0.05) is 42.3 Å². The number of aromatic amines is 1. The van der Waals surface area contributed by atoms with Gasteiger partial charge in [-0.2, -0.15) is 0 Å². The fourth-order valence-electron chi connectivity index (χ4n) is 4.26. The number of rotatable bonds is 5. The zero-order valence-electron chi connectivity index (χ0n) is 18.0. The highest BCUT2D eigenvalue weighted by molar-refractivity contribution is 5.94. The molecule has 4 aromatic rings. The largest absolute Gasteiger partial charge is 0.365 e. The quantitative estimate of drug-likeness (QED) is 0.409. The highest BCUT2D eigenvalue weighted by atomic mass is 19.1. The van der Waals surface area contributed by atoms with E-state index in [1.54, 1.807) is 7.05 Å². The van der Waals surface area contributed by atoms with Crippen molar-refractivity contribution >= 4 is 22.6 Å². The molecule has 13 heteroatoms. The minimum atomic E-state index is -0.742. The summed E-state index contributed by atoms with van der Waals surface area (Å²) in [5.41, 5.74) is 0.463. The summed E-state index contributed by atoms with van der Waals surface area (Å²) < 4.78 is 43.6. The van der Waals surface area contributed by atoms with E-state index >= 15 is 0 Å². The van der Waals surface area contributed by atoms with Crippen molar-refractivity contribution in [2.75, 3.05) is 5.32 Å². The van der Waals surface area contributed by atoms with Crippen LogP contribution < -0.4 is 10.6 Å². The molecule has 3 N–H and O–H groups in total. The van der Waals surface area contributed by atoms with Crippen molar-refractivity contribution in [1.29, 1.82) is 0 Å². The molecule has 0 unspecified atom stereocenters. The Labute approximate surface area is 191 Å². The molecule has 0 radical (unpaired) electrons. The van der Waals surface area contributed by atoms with Crippen LogP contribution in [0, 0.1) is 17.5 Å². The first-order valence-electron chi connectivity index (χ1n) is 10.7. The number of carbonyl (C=O) groups excluding carboxylic acids is 1. The van der Waals surface area contributed by atoms with Gasteiger partial charge in [-0.25, -0.2) is 27.8 Å². The molecule has 34 heavy (non-hydrogen) atoms. The normalized spacial score (nSPS) is 18.2. The van der Waals surface area contributed by atoms with Crippen LogP contribution in [0.1, 0.15) is 36.3 Å². The van der Waals surface area contributed by atoms with Gasteiger partial charge in [0.15, 0.2) is 17.5 Å². The predicted octanol–water partition coefficient (Wildman–Crippen LogP) is 2.72. The van der Waals surface area contributed by atoms with E-state index < -0.39 is 17.5 Å². The van der Waals surface area contributed by atoms with E-state index in [0.717, 1.165) is 31.5 Å². The molecule has 3 aromatic heterocycles. The monoisotopic (exact) mass is 471 g/mol. The molecule has 1 fully saturated rings. The van der Waals surface area contributed by atoms with Gasteiger partial charge in [0.1, 0.15) is 11.6 Å². The van der Waals surface area contributed by atoms with E-state index in [1.165, 1.54) is 16.9 Å². The Morgan fingerprint density at radius 2 is 2.00 bits per heavy atom. The summed E-state index contributed by atoms with van der Waals surface area (Å²) in [7, 11) is 1.58. The number of aromatic nitrogens is 7. The van der Waals surface area contributed by atoms with E-state index in [9.17, 15) is 18.0 Å². The SMILES string of the molecule is Cn1nnnc1C(=O)N[C@@H]1CCC[C@H](Nc2nc(-c3c[nH]c4c(F)cc(F)cc34)ncc2F)C1. The highest BCUT2D eigenvalue weighted by Crippen LogP contribution is 2.30. The molecule has 1 aliphatic rings. The number of fused-ring (bicyclic) bond motifs is 1. The molecule has 1 saturated carbocycles. The van der Waals surface area contributed by atoms with E-state index in [0.29, 0.717) is 12.0 Å². The van der Waals surface area contributed by atoms with Crippen LogP contribution >= 0.6 is 0 Å². The van der Waals surface area contributed by atoms with Gasteiger partial charge in [-0.3, -0.25) is 4.79 Å². The molecule has 2 atom stereocenters. The molecular weight excluding hydrogens is 451 g/mol. The van der Waals surface area contributed by atoms with Crippen LogP contribution in [0.25, 0.3) is 22.3 Å². The Hall–Kier alpha value is -4.03. The summed E-state index contributed by atoms with van der Waals surface area (Å²) in [5.74, 6) is -2.31. The average Bonchev–Trinajstić information content (AvgIpc) is 3.42.